The van der Waals surface area contributed by atoms with E-state index in [1.807, 2.05) is 0 Å². The smallest absolute Gasteiger partial charge is 0.326 e. The number of anilines is 2. The summed E-state index contributed by atoms with van der Waals surface area (Å²) in [7, 11) is 0. The monoisotopic (exact) mass is 466 g/mol. The van der Waals surface area contributed by atoms with Gasteiger partial charge in [0.25, 0.3) is 5.91 Å². The second-order valence-electron chi connectivity index (χ2n) is 7.04. The summed E-state index contributed by atoms with van der Waals surface area (Å²) in [5.74, 6) is -2.24. The Kier molecular flexibility index (Phi) is 7.43. The fourth-order valence-electron chi connectivity index (χ4n) is 2.93. The average molecular weight is 466 g/mol. The first-order valence-corrected chi connectivity index (χ1v) is 9.94. The number of carboxylic acids is 1. The molecule has 0 aliphatic carbocycles. The quantitative estimate of drug-likeness (QED) is 0.209. The highest BCUT2D eigenvalue weighted by Gasteiger charge is 2.21. The van der Waals surface area contributed by atoms with Crippen LogP contribution in [0.4, 0.5) is 11.6 Å². The molecule has 1 aromatic carbocycles. The van der Waals surface area contributed by atoms with Crippen LogP contribution in [0.1, 0.15) is 28.9 Å². The Labute approximate surface area is 192 Å². The molecule has 9 N–H and O–H groups in total. The summed E-state index contributed by atoms with van der Waals surface area (Å²) >= 11 is 0. The van der Waals surface area contributed by atoms with Crippen molar-refractivity contribution in [3.05, 3.63) is 53.6 Å². The number of aliphatic carboxylic acids is 1. The number of nitrogens with one attached hydrogen (secondary N) is 3. The third-order valence-corrected chi connectivity index (χ3v) is 4.71. The molecule has 0 radical (unpaired) electrons. The molecule has 176 valence electrons. The van der Waals surface area contributed by atoms with Gasteiger partial charge in [-0.25, -0.2) is 20.3 Å². The SMILES string of the molecule is N=N/C(=C\N)CC[C@H](NC(=O)c1ccc(NCc2cnc3nc(N)nc(O)c3n2)cc1)C(=O)O. The standard InChI is InChI=1S/C20H22N10O4/c21-7-12(30-23)5-6-14(19(33)34)27-17(31)10-1-3-11(4-2-10)24-8-13-9-25-16-15(26-13)18(32)29-20(22)28-16/h1-4,7,9,14,23-24H,5-6,8,21H2,(H,27,31)(H,33,34)(H3,22,25,28,29,32)/b12-7-,30-23?/t14-/m0/s1. The maximum atomic E-state index is 12.5. The van der Waals surface area contributed by atoms with E-state index >= 15 is 0 Å². The van der Waals surface area contributed by atoms with Crippen molar-refractivity contribution in [1.29, 1.82) is 5.53 Å². The molecule has 0 bridgehead atoms. The van der Waals surface area contributed by atoms with Gasteiger partial charge in [-0.3, -0.25) is 4.79 Å². The van der Waals surface area contributed by atoms with E-state index in [0.717, 1.165) is 6.20 Å². The van der Waals surface area contributed by atoms with Gasteiger partial charge in [0, 0.05) is 17.5 Å². The molecule has 0 spiro atoms. The Bertz CT molecular complexity index is 1250. The number of aromatic nitrogens is 4. The highest BCUT2D eigenvalue weighted by molar-refractivity contribution is 5.96. The van der Waals surface area contributed by atoms with Gasteiger partial charge in [0.05, 0.1) is 24.1 Å². The molecule has 0 saturated carbocycles. The van der Waals surface area contributed by atoms with E-state index in [1.54, 1.807) is 12.1 Å². The molecule has 14 nitrogen and oxygen atoms in total. The third kappa shape index (κ3) is 5.87. The van der Waals surface area contributed by atoms with Gasteiger partial charge >= 0.3 is 5.97 Å². The van der Waals surface area contributed by atoms with Crippen molar-refractivity contribution >= 4 is 34.7 Å². The van der Waals surface area contributed by atoms with Gasteiger partial charge in [0.2, 0.25) is 11.8 Å². The van der Waals surface area contributed by atoms with Crippen molar-refractivity contribution in [2.75, 3.05) is 11.1 Å². The van der Waals surface area contributed by atoms with Crippen molar-refractivity contribution in [3.63, 3.8) is 0 Å². The number of fused-ring (bicyclic) bond motifs is 1. The Balaban J connectivity index is 1.60. The molecule has 0 saturated heterocycles. The van der Waals surface area contributed by atoms with Crippen LogP contribution < -0.4 is 22.1 Å². The van der Waals surface area contributed by atoms with Gasteiger partial charge in [-0.2, -0.15) is 15.1 Å². The third-order valence-electron chi connectivity index (χ3n) is 4.71. The minimum absolute atomic E-state index is 0.0338. The molecule has 3 aromatic rings. The summed E-state index contributed by atoms with van der Waals surface area (Å²) < 4.78 is 0. The minimum atomic E-state index is -1.20. The predicted molar refractivity (Wildman–Crippen MR) is 121 cm³/mol. The van der Waals surface area contributed by atoms with E-state index < -0.39 is 17.9 Å². The van der Waals surface area contributed by atoms with Crippen molar-refractivity contribution in [3.8, 4) is 5.88 Å². The molecular formula is C20H22N10O4. The first-order valence-electron chi connectivity index (χ1n) is 9.94. The number of carbonyl (C=O) groups excluding carboxylic acids is 1. The summed E-state index contributed by atoms with van der Waals surface area (Å²) in [6.45, 7) is 0.261. The predicted octanol–water partition coefficient (Wildman–Crippen LogP) is 1.11. The average Bonchev–Trinajstić information content (AvgIpc) is 2.82. The van der Waals surface area contributed by atoms with Gasteiger partial charge in [-0.05, 0) is 37.1 Å². The van der Waals surface area contributed by atoms with Crippen LogP contribution in [0.5, 0.6) is 5.88 Å². The lowest BCUT2D eigenvalue weighted by Crippen LogP contribution is -2.40. The summed E-state index contributed by atoms with van der Waals surface area (Å²) in [6.07, 6.45) is 2.77. The Hall–Kier alpha value is -4.88. The second kappa shape index (κ2) is 10.6. The fraction of sp³-hybridized carbons (Fsp3) is 0.200. The normalized spacial score (nSPS) is 12.2. The van der Waals surface area contributed by atoms with Crippen LogP contribution in [0.2, 0.25) is 0 Å². The van der Waals surface area contributed by atoms with Gasteiger partial charge in [0.1, 0.15) is 6.04 Å². The van der Waals surface area contributed by atoms with Crippen molar-refractivity contribution < 1.29 is 19.8 Å². The number of nitrogens with zero attached hydrogens (tertiary/aromatic N) is 5. The van der Waals surface area contributed by atoms with Gasteiger partial charge in [-0.1, -0.05) is 0 Å². The van der Waals surface area contributed by atoms with E-state index in [-0.39, 0.29) is 53.6 Å². The molecule has 3 rings (SSSR count). The molecule has 2 aromatic heterocycles. The summed E-state index contributed by atoms with van der Waals surface area (Å²) in [4.78, 5) is 39.8. The number of nitrogens with two attached hydrogens (primary N) is 2. The van der Waals surface area contributed by atoms with E-state index in [4.69, 9.17) is 17.0 Å². The molecule has 1 atom stereocenters. The van der Waals surface area contributed by atoms with Gasteiger partial charge in [-0.15, -0.1) is 0 Å². The van der Waals surface area contributed by atoms with E-state index in [9.17, 15) is 19.8 Å². The molecule has 1 amide bonds. The van der Waals surface area contributed by atoms with Crippen LogP contribution in [0.15, 0.2) is 47.5 Å². The first kappa shape index (κ1) is 23.8. The fourth-order valence-corrected chi connectivity index (χ4v) is 2.93. The zero-order valence-corrected chi connectivity index (χ0v) is 17.8. The maximum absolute atomic E-state index is 12.5. The number of carboxylic acid groups (broad SMARTS) is 1. The number of carbonyl (C=O) groups is 2. The first-order chi connectivity index (χ1) is 16.3. The molecule has 0 fully saturated rings. The molecule has 14 heteroatoms. The zero-order valence-electron chi connectivity index (χ0n) is 17.8. The largest absolute Gasteiger partial charge is 0.492 e. The van der Waals surface area contributed by atoms with Gasteiger partial charge in [0.15, 0.2) is 11.2 Å². The number of rotatable bonds is 10. The lowest BCUT2D eigenvalue weighted by atomic mass is 10.1. The topological polar surface area (TPSA) is 238 Å². The number of benzene rings is 1. The molecule has 0 unspecified atom stereocenters. The maximum Gasteiger partial charge on any atom is 0.326 e. The molecule has 34 heavy (non-hydrogen) atoms. The number of allylic oxidation sites excluding steroid dienone is 1. The zero-order chi connectivity index (χ0) is 24.7. The second-order valence-corrected chi connectivity index (χ2v) is 7.04. The Morgan fingerprint density at radius 3 is 2.59 bits per heavy atom. The van der Waals surface area contributed by atoms with Crippen molar-refractivity contribution in [2.45, 2.75) is 25.4 Å². The van der Waals surface area contributed by atoms with E-state index in [2.05, 4.69) is 35.7 Å². The van der Waals surface area contributed by atoms with Gasteiger partial charge < -0.3 is 32.3 Å². The Morgan fingerprint density at radius 2 is 1.94 bits per heavy atom. The number of amides is 1. The highest BCUT2D eigenvalue weighted by atomic mass is 16.4. The summed E-state index contributed by atoms with van der Waals surface area (Å²) in [5, 5.41) is 28.0. The summed E-state index contributed by atoms with van der Waals surface area (Å²) in [5.41, 5.74) is 19.7. The number of hydrogen-bond donors (Lipinski definition) is 7. The molecular weight excluding hydrogens is 444 g/mol. The van der Waals surface area contributed by atoms with E-state index in [0.29, 0.717) is 11.4 Å². The highest BCUT2D eigenvalue weighted by Crippen LogP contribution is 2.19. The lowest BCUT2D eigenvalue weighted by Gasteiger charge is -2.14. The minimum Gasteiger partial charge on any atom is -0.492 e. The molecule has 0 aliphatic rings. The number of hydrogen-bond acceptors (Lipinski definition) is 12. The van der Waals surface area contributed by atoms with Crippen molar-refractivity contribution in [1.82, 2.24) is 25.3 Å². The van der Waals surface area contributed by atoms with Crippen LogP contribution in [-0.2, 0) is 11.3 Å². The van der Waals surface area contributed by atoms with Crippen molar-refractivity contribution in [2.24, 2.45) is 10.8 Å². The van der Waals surface area contributed by atoms with Crippen LogP contribution in [-0.4, -0.2) is 48.1 Å². The Morgan fingerprint density at radius 1 is 1.21 bits per heavy atom. The van der Waals surface area contributed by atoms with Crippen LogP contribution in [0, 0.1) is 5.53 Å². The lowest BCUT2D eigenvalue weighted by molar-refractivity contribution is -0.139. The van der Waals surface area contributed by atoms with Crippen LogP contribution in [0.3, 0.4) is 0 Å². The number of nitrogen functional groups attached to an aromatic ring is 1. The van der Waals surface area contributed by atoms with Crippen LogP contribution >= 0.6 is 0 Å². The van der Waals surface area contributed by atoms with E-state index in [1.165, 1.54) is 18.3 Å². The molecule has 0 aliphatic heterocycles. The summed E-state index contributed by atoms with van der Waals surface area (Å²) in [6, 6.07) is 5.21. The van der Waals surface area contributed by atoms with Crippen LogP contribution in [0.25, 0.3) is 11.2 Å². The molecule has 2 heterocycles. The number of aromatic hydroxyl groups is 1.